The van der Waals surface area contributed by atoms with Gasteiger partial charge in [0.1, 0.15) is 5.54 Å². The molecule has 1 aromatic carbocycles. The molecule has 20 heavy (non-hydrogen) atoms. The summed E-state index contributed by atoms with van der Waals surface area (Å²) < 4.78 is 0. The predicted octanol–water partition coefficient (Wildman–Crippen LogP) is 2.57. The molecule has 4 heteroatoms. The number of rotatable bonds is 5. The van der Waals surface area contributed by atoms with Gasteiger partial charge in [0.2, 0.25) is 5.91 Å². The Balaban J connectivity index is 2.93. The van der Waals surface area contributed by atoms with Gasteiger partial charge < -0.3 is 10.6 Å². The summed E-state index contributed by atoms with van der Waals surface area (Å²) in [6.07, 6.45) is 6.86. The Morgan fingerprint density at radius 3 is 2.45 bits per heavy atom. The zero-order valence-electron chi connectivity index (χ0n) is 12.1. The maximum atomic E-state index is 12.3. The third kappa shape index (κ3) is 3.86. The second kappa shape index (κ2) is 6.76. The van der Waals surface area contributed by atoms with E-state index >= 15 is 0 Å². The highest BCUT2D eigenvalue weighted by Gasteiger charge is 2.25. The first kappa shape index (κ1) is 15.8. The first-order valence-electron chi connectivity index (χ1n) is 6.64. The number of carbonyl (C=O) groups excluding carboxylic acids is 2. The normalized spacial score (nSPS) is 10.5. The van der Waals surface area contributed by atoms with Crippen LogP contribution >= 0.6 is 0 Å². The van der Waals surface area contributed by atoms with Crippen LogP contribution in [0, 0.1) is 12.3 Å². The van der Waals surface area contributed by atoms with Gasteiger partial charge in [-0.25, -0.2) is 0 Å². The van der Waals surface area contributed by atoms with Crippen LogP contribution in [0.25, 0.3) is 0 Å². The fourth-order valence-electron chi connectivity index (χ4n) is 1.90. The average Bonchev–Trinajstić information content (AvgIpc) is 2.44. The lowest BCUT2D eigenvalue weighted by atomic mass is 9.93. The van der Waals surface area contributed by atoms with Crippen LogP contribution in [0.3, 0.4) is 0 Å². The van der Waals surface area contributed by atoms with E-state index in [-0.39, 0.29) is 11.8 Å². The quantitative estimate of drug-likeness (QED) is 0.809. The lowest BCUT2D eigenvalue weighted by Gasteiger charge is -2.27. The van der Waals surface area contributed by atoms with E-state index in [1.165, 1.54) is 6.92 Å². The van der Waals surface area contributed by atoms with Gasteiger partial charge in [0.05, 0.1) is 0 Å². The molecule has 1 rings (SSSR count). The fourth-order valence-corrected chi connectivity index (χ4v) is 1.90. The molecule has 0 bridgehead atoms. The molecule has 0 spiro atoms. The summed E-state index contributed by atoms with van der Waals surface area (Å²) >= 11 is 0. The third-order valence-corrected chi connectivity index (χ3v) is 3.28. The minimum Gasteiger partial charge on any atom is -0.336 e. The van der Waals surface area contributed by atoms with Crippen molar-refractivity contribution in [2.24, 2.45) is 0 Å². The molecule has 0 saturated heterocycles. The van der Waals surface area contributed by atoms with Crippen molar-refractivity contribution in [3.63, 3.8) is 0 Å². The molecular weight excluding hydrogens is 252 g/mol. The number of hydrogen-bond donors (Lipinski definition) is 2. The predicted molar refractivity (Wildman–Crippen MR) is 80.4 cm³/mol. The highest BCUT2D eigenvalue weighted by Crippen LogP contribution is 2.16. The van der Waals surface area contributed by atoms with Crippen LogP contribution in [0.5, 0.6) is 0 Å². The Morgan fingerprint density at radius 1 is 1.30 bits per heavy atom. The van der Waals surface area contributed by atoms with Crippen molar-refractivity contribution in [1.82, 2.24) is 5.32 Å². The van der Waals surface area contributed by atoms with Gasteiger partial charge in [-0.2, -0.15) is 0 Å². The van der Waals surface area contributed by atoms with Crippen LogP contribution in [-0.2, 0) is 4.79 Å². The van der Waals surface area contributed by atoms with E-state index in [1.54, 1.807) is 24.3 Å². The fraction of sp³-hybridized carbons (Fsp3) is 0.375. The lowest BCUT2D eigenvalue weighted by Crippen LogP contribution is -2.46. The van der Waals surface area contributed by atoms with Crippen LogP contribution in [-0.4, -0.2) is 17.4 Å². The molecule has 106 valence electrons. The molecule has 0 atom stereocenters. The standard InChI is InChI=1S/C16H20N2O2/c1-5-16(6-2,7-3)18-15(20)13-9-8-10-14(11-13)17-12(4)19/h1,8-11H,6-7H2,2-4H3,(H,17,19)(H,18,20). The molecule has 4 nitrogen and oxygen atoms in total. The lowest BCUT2D eigenvalue weighted by molar-refractivity contribution is -0.114. The number of nitrogens with one attached hydrogen (secondary N) is 2. The minimum absolute atomic E-state index is 0.178. The molecule has 1 aromatic rings. The van der Waals surface area contributed by atoms with Gasteiger partial charge in [-0.05, 0) is 31.0 Å². The highest BCUT2D eigenvalue weighted by molar-refractivity contribution is 5.97. The molecule has 2 N–H and O–H groups in total. The maximum absolute atomic E-state index is 12.3. The number of amides is 2. The van der Waals surface area contributed by atoms with Gasteiger partial charge in [-0.15, -0.1) is 6.42 Å². The number of hydrogen-bond acceptors (Lipinski definition) is 2. The van der Waals surface area contributed by atoms with E-state index in [0.29, 0.717) is 24.1 Å². The number of terminal acetylenes is 1. The summed E-state index contributed by atoms with van der Waals surface area (Å²) in [6.45, 7) is 5.30. The maximum Gasteiger partial charge on any atom is 0.252 e. The van der Waals surface area contributed by atoms with Crippen LogP contribution in [0.15, 0.2) is 24.3 Å². The average molecular weight is 272 g/mol. The minimum atomic E-state index is -0.624. The van der Waals surface area contributed by atoms with E-state index in [2.05, 4.69) is 16.6 Å². The largest absolute Gasteiger partial charge is 0.336 e. The van der Waals surface area contributed by atoms with E-state index in [1.807, 2.05) is 13.8 Å². The zero-order valence-corrected chi connectivity index (χ0v) is 12.1. The summed E-state index contributed by atoms with van der Waals surface area (Å²) in [5.74, 6) is 2.25. The van der Waals surface area contributed by atoms with Crippen molar-refractivity contribution < 1.29 is 9.59 Å². The van der Waals surface area contributed by atoms with E-state index < -0.39 is 5.54 Å². The summed E-state index contributed by atoms with van der Waals surface area (Å²) in [5.41, 5.74) is 0.434. The van der Waals surface area contributed by atoms with Gasteiger partial charge in [-0.1, -0.05) is 25.8 Å². The Labute approximate surface area is 120 Å². The van der Waals surface area contributed by atoms with Crippen molar-refractivity contribution in [3.8, 4) is 12.3 Å². The summed E-state index contributed by atoms with van der Waals surface area (Å²) in [6, 6.07) is 6.76. The molecule has 0 saturated carbocycles. The second-order valence-electron chi connectivity index (χ2n) is 4.65. The molecule has 0 unspecified atom stereocenters. The zero-order chi connectivity index (χ0) is 15.2. The summed E-state index contributed by atoms with van der Waals surface area (Å²) in [4.78, 5) is 23.3. The topological polar surface area (TPSA) is 58.2 Å². The Kier molecular flexibility index (Phi) is 5.33. The van der Waals surface area contributed by atoms with E-state index in [0.717, 1.165) is 0 Å². The molecule has 0 radical (unpaired) electrons. The van der Waals surface area contributed by atoms with Crippen LogP contribution in [0.4, 0.5) is 5.69 Å². The van der Waals surface area contributed by atoms with Gasteiger partial charge in [-0.3, -0.25) is 9.59 Å². The summed E-state index contributed by atoms with van der Waals surface area (Å²) in [5, 5.41) is 5.53. The van der Waals surface area contributed by atoms with Crippen LogP contribution in [0.2, 0.25) is 0 Å². The molecule has 0 aromatic heterocycles. The monoisotopic (exact) mass is 272 g/mol. The Hall–Kier alpha value is -2.28. The molecule has 0 aliphatic rings. The first-order valence-corrected chi connectivity index (χ1v) is 6.64. The Morgan fingerprint density at radius 2 is 1.95 bits per heavy atom. The van der Waals surface area contributed by atoms with Crippen LogP contribution < -0.4 is 10.6 Å². The van der Waals surface area contributed by atoms with Crippen LogP contribution in [0.1, 0.15) is 44.0 Å². The molecule has 0 fully saturated rings. The smallest absolute Gasteiger partial charge is 0.252 e. The van der Waals surface area contributed by atoms with Gasteiger partial charge in [0, 0.05) is 18.2 Å². The van der Waals surface area contributed by atoms with Gasteiger partial charge in [0.15, 0.2) is 0 Å². The van der Waals surface area contributed by atoms with E-state index in [9.17, 15) is 9.59 Å². The molecular formula is C16H20N2O2. The summed E-state index contributed by atoms with van der Waals surface area (Å²) in [7, 11) is 0. The Bertz CT molecular complexity index is 540. The molecule has 0 aliphatic carbocycles. The number of anilines is 1. The molecule has 2 amide bonds. The molecule has 0 aliphatic heterocycles. The van der Waals surface area contributed by atoms with Crippen molar-refractivity contribution >= 4 is 17.5 Å². The van der Waals surface area contributed by atoms with Gasteiger partial charge in [0.25, 0.3) is 5.91 Å². The van der Waals surface area contributed by atoms with Crippen molar-refractivity contribution in [3.05, 3.63) is 29.8 Å². The van der Waals surface area contributed by atoms with Crippen molar-refractivity contribution in [2.45, 2.75) is 39.2 Å². The molecule has 0 heterocycles. The van der Waals surface area contributed by atoms with Crippen molar-refractivity contribution in [2.75, 3.05) is 5.32 Å². The number of carbonyl (C=O) groups is 2. The first-order chi connectivity index (χ1) is 9.46. The second-order valence-corrected chi connectivity index (χ2v) is 4.65. The third-order valence-electron chi connectivity index (χ3n) is 3.28. The van der Waals surface area contributed by atoms with Gasteiger partial charge >= 0.3 is 0 Å². The highest BCUT2D eigenvalue weighted by atomic mass is 16.2. The number of benzene rings is 1. The van der Waals surface area contributed by atoms with Crippen molar-refractivity contribution in [1.29, 1.82) is 0 Å². The SMILES string of the molecule is C#CC(CC)(CC)NC(=O)c1cccc(NC(C)=O)c1. The van der Waals surface area contributed by atoms with E-state index in [4.69, 9.17) is 6.42 Å².